The van der Waals surface area contributed by atoms with Crippen molar-refractivity contribution in [3.63, 3.8) is 0 Å². The van der Waals surface area contributed by atoms with Crippen LogP contribution >= 0.6 is 0 Å². The number of hydrogen-bond acceptors (Lipinski definition) is 12. The van der Waals surface area contributed by atoms with Crippen LogP contribution in [0.2, 0.25) is 25.2 Å². The first kappa shape index (κ1) is 53.5. The lowest BCUT2D eigenvalue weighted by atomic mass is 10.0. The van der Waals surface area contributed by atoms with Crippen molar-refractivity contribution in [3.05, 3.63) is 83.7 Å². The molecule has 0 saturated carbocycles. The van der Waals surface area contributed by atoms with Crippen LogP contribution in [0.5, 0.6) is 0 Å². The highest BCUT2D eigenvalue weighted by atomic mass is 28.3. The molecule has 0 radical (unpaired) electrons. The second kappa shape index (κ2) is 23.5. The van der Waals surface area contributed by atoms with Crippen LogP contribution in [0.1, 0.15) is 75.6 Å². The molecule has 20 heteroatoms. The molecule has 0 bridgehead atoms. The van der Waals surface area contributed by atoms with Crippen molar-refractivity contribution in [1.82, 2.24) is 20.4 Å². The second-order valence-corrected chi connectivity index (χ2v) is 25.3. The van der Waals surface area contributed by atoms with Crippen LogP contribution in [0.3, 0.4) is 0 Å². The summed E-state index contributed by atoms with van der Waals surface area (Å²) in [6.07, 6.45) is 0.696. The average molecular weight is 1020 g/mol. The fourth-order valence-corrected chi connectivity index (χ4v) is 12.5. The Morgan fingerprint density at radius 3 is 1.43 bits per heavy atom. The number of ether oxygens (including phenoxy) is 4. The van der Waals surface area contributed by atoms with Gasteiger partial charge in [-0.2, -0.15) is 0 Å². The number of benzene rings is 3. The summed E-state index contributed by atoms with van der Waals surface area (Å²) >= 11 is 0. The molecule has 4 N–H and O–H groups in total. The zero-order valence-corrected chi connectivity index (χ0v) is 43.7. The van der Waals surface area contributed by atoms with Crippen molar-refractivity contribution in [1.29, 1.82) is 0 Å². The zero-order valence-electron chi connectivity index (χ0n) is 42.7. The van der Waals surface area contributed by atoms with Gasteiger partial charge in [-0.15, -0.1) is 0 Å². The van der Waals surface area contributed by atoms with Crippen molar-refractivity contribution >= 4 is 66.6 Å². The number of alkyl carbamates (subject to hydrolysis) is 2. The summed E-state index contributed by atoms with van der Waals surface area (Å²) in [4.78, 5) is 86.6. The topological polar surface area (TPSA) is 200 Å². The number of amides is 6. The number of methoxy groups -OCH3 is 4. The van der Waals surface area contributed by atoms with Crippen molar-refractivity contribution in [2.45, 2.75) is 126 Å². The van der Waals surface area contributed by atoms with E-state index in [9.17, 15) is 28.8 Å². The van der Waals surface area contributed by atoms with Gasteiger partial charge in [0.2, 0.25) is 23.6 Å². The normalized spacial score (nSPS) is 22.3. The van der Waals surface area contributed by atoms with E-state index in [0.29, 0.717) is 55.8 Å². The number of halogens is 1. The predicted octanol–water partition coefficient (Wildman–Crippen LogP) is 6.81. The molecular weight excluding hydrogens is 944 g/mol. The Morgan fingerprint density at radius 2 is 1.04 bits per heavy atom. The van der Waals surface area contributed by atoms with Gasteiger partial charge >= 0.3 is 12.2 Å². The smallest absolute Gasteiger partial charge is 0.407 e. The summed E-state index contributed by atoms with van der Waals surface area (Å²) in [5, 5.41) is 11.1. The first-order chi connectivity index (χ1) is 34.5. The fourth-order valence-electron chi connectivity index (χ4n) is 10.5. The van der Waals surface area contributed by atoms with Crippen molar-refractivity contribution in [3.8, 4) is 0 Å². The maximum atomic E-state index is 16.4. The monoisotopic (exact) mass is 1010 g/mol. The van der Waals surface area contributed by atoms with E-state index in [1.807, 2.05) is 60.7 Å². The van der Waals surface area contributed by atoms with Gasteiger partial charge in [-0.05, 0) is 118 Å². The molecule has 4 heterocycles. The Hall–Kier alpha value is -6.25. The molecule has 0 aromatic heterocycles. The SMILES string of the molecule is COC(=O)N[C@H](C(=O)N1CCC[C@H]1C(=O)Nc1ccc([C@H]2CC[C@H](c3ccc(NC(=O)[C@@H]4CCCN4C(=O)[C@@H](NC(=O)OC)[C@@H](C)OC)cc3)N2c2ccc(N3CC[Si](C)(C)CC3)c(F)c2)cc1)[C@@H](C)OC. The molecule has 3 aromatic carbocycles. The van der Waals surface area contributed by atoms with E-state index in [2.05, 4.69) is 44.2 Å². The van der Waals surface area contributed by atoms with Gasteiger partial charge in [0.1, 0.15) is 30.0 Å². The highest BCUT2D eigenvalue weighted by Gasteiger charge is 2.42. The molecule has 4 saturated heterocycles. The Bertz CT molecular complexity index is 2290. The summed E-state index contributed by atoms with van der Waals surface area (Å²) in [6, 6.07) is 19.0. The summed E-state index contributed by atoms with van der Waals surface area (Å²) < 4.78 is 36.6. The van der Waals surface area contributed by atoms with Gasteiger partial charge in [0.05, 0.1) is 52.3 Å². The highest BCUT2D eigenvalue weighted by Crippen LogP contribution is 2.48. The Labute approximate surface area is 422 Å². The minimum Gasteiger partial charge on any atom is -0.453 e. The van der Waals surface area contributed by atoms with E-state index in [0.717, 1.165) is 54.8 Å². The average Bonchev–Trinajstić information content (AvgIpc) is 4.18. The standard InChI is InChI=1S/C52H71FN8O10Si/c1-32(68-3)45(56-51(66)70-5)49(64)59-25-9-11-43(59)47(62)54-36-17-13-34(14-18-36)40-23-24-41(61(40)38-21-22-42(39(53)31-38)58-27-29-72(7,8)30-28-58)35-15-19-37(20-16-35)55-48(63)44-12-10-26-60(44)50(65)46(33(2)69-4)57-52(67)71-6/h13-22,31-33,40-41,43-46H,9-12,23-30H2,1-8H3,(H,54,62)(H,55,63)(H,56,66)(H,57,67)/t32-,33-,40-,41-,43+,44+,45+,46+/m1/s1. The Morgan fingerprint density at radius 1 is 0.611 bits per heavy atom. The Balaban J connectivity index is 1.09. The maximum Gasteiger partial charge on any atom is 0.407 e. The van der Waals surface area contributed by atoms with Crippen LogP contribution in [0.4, 0.5) is 36.7 Å². The van der Waals surface area contributed by atoms with Crippen molar-refractivity contribution in [2.75, 3.05) is 75.1 Å². The number of anilines is 4. The van der Waals surface area contributed by atoms with Gasteiger partial charge < -0.3 is 59.8 Å². The molecule has 0 aliphatic carbocycles. The third-order valence-electron chi connectivity index (χ3n) is 15.0. The van der Waals surface area contributed by atoms with Crippen LogP contribution in [0.15, 0.2) is 66.7 Å². The molecule has 4 fully saturated rings. The highest BCUT2D eigenvalue weighted by molar-refractivity contribution is 6.77. The number of carbonyl (C=O) groups excluding carboxylic acids is 6. The number of carbonyl (C=O) groups is 6. The van der Waals surface area contributed by atoms with Gasteiger partial charge in [-0.1, -0.05) is 37.4 Å². The van der Waals surface area contributed by atoms with Gasteiger partial charge in [0, 0.05) is 57.5 Å². The van der Waals surface area contributed by atoms with Gasteiger partial charge in [0.15, 0.2) is 0 Å². The van der Waals surface area contributed by atoms with E-state index < -0.39 is 68.5 Å². The lowest BCUT2D eigenvalue weighted by Crippen LogP contribution is -2.56. The van der Waals surface area contributed by atoms with E-state index in [1.54, 1.807) is 19.9 Å². The number of nitrogens with zero attached hydrogens (tertiary/aromatic N) is 4. The molecular formula is C52H71FN8O10Si. The third-order valence-corrected chi connectivity index (χ3v) is 18.2. The Kier molecular flexibility index (Phi) is 17.5. The molecule has 18 nitrogen and oxygen atoms in total. The van der Waals surface area contributed by atoms with E-state index >= 15 is 4.39 Å². The molecule has 3 aromatic rings. The maximum absolute atomic E-state index is 16.4. The molecule has 4 aliphatic heterocycles. The summed E-state index contributed by atoms with van der Waals surface area (Å²) in [5.41, 5.74) is 4.36. The van der Waals surface area contributed by atoms with E-state index in [1.165, 1.54) is 38.2 Å². The fraction of sp³-hybridized carbons (Fsp3) is 0.538. The number of rotatable bonds is 16. The number of nitrogens with one attached hydrogen (secondary N) is 4. The molecule has 72 heavy (non-hydrogen) atoms. The molecule has 7 rings (SSSR count). The van der Waals surface area contributed by atoms with E-state index in [-0.39, 0.29) is 29.7 Å². The van der Waals surface area contributed by atoms with Crippen LogP contribution in [0.25, 0.3) is 0 Å². The number of hydrogen-bond donors (Lipinski definition) is 4. The van der Waals surface area contributed by atoms with Crippen LogP contribution in [0, 0.1) is 5.82 Å². The van der Waals surface area contributed by atoms with Gasteiger partial charge in [0.25, 0.3) is 0 Å². The van der Waals surface area contributed by atoms with E-state index in [4.69, 9.17) is 18.9 Å². The summed E-state index contributed by atoms with van der Waals surface area (Å²) in [5.74, 6) is -1.85. The first-order valence-corrected chi connectivity index (χ1v) is 28.4. The summed E-state index contributed by atoms with van der Waals surface area (Å²) in [7, 11) is 4.01. The van der Waals surface area contributed by atoms with Crippen molar-refractivity contribution < 1.29 is 52.1 Å². The third kappa shape index (κ3) is 12.1. The molecule has 0 unspecified atom stereocenters. The molecule has 6 amide bonds. The lowest BCUT2D eigenvalue weighted by molar-refractivity contribution is -0.141. The second-order valence-electron chi connectivity index (χ2n) is 20.0. The minimum atomic E-state index is -1.29. The molecule has 4 aliphatic rings. The first-order valence-electron chi connectivity index (χ1n) is 25.0. The number of likely N-dealkylation sites (tertiary alicyclic amines) is 2. The minimum absolute atomic E-state index is 0.166. The van der Waals surface area contributed by atoms with Crippen molar-refractivity contribution in [2.24, 2.45) is 0 Å². The predicted molar refractivity (Wildman–Crippen MR) is 274 cm³/mol. The quantitative estimate of drug-likeness (QED) is 0.109. The molecule has 0 spiro atoms. The molecule has 8 atom stereocenters. The largest absolute Gasteiger partial charge is 0.453 e. The molecule has 390 valence electrons. The van der Waals surface area contributed by atoms with Gasteiger partial charge in [-0.25, -0.2) is 14.0 Å². The van der Waals surface area contributed by atoms with Crippen LogP contribution in [-0.4, -0.2) is 145 Å². The van der Waals surface area contributed by atoms with Crippen LogP contribution in [-0.2, 0) is 38.1 Å². The van der Waals surface area contributed by atoms with Gasteiger partial charge in [-0.3, -0.25) is 19.2 Å². The zero-order chi connectivity index (χ0) is 51.9. The van der Waals surface area contributed by atoms with Crippen LogP contribution < -0.4 is 31.1 Å². The summed E-state index contributed by atoms with van der Waals surface area (Å²) in [6.45, 7) is 10.5. The lowest BCUT2D eigenvalue weighted by Gasteiger charge is -2.38.